The second kappa shape index (κ2) is 7.15. The van der Waals surface area contributed by atoms with Crippen molar-refractivity contribution in [3.05, 3.63) is 23.8 Å². The van der Waals surface area contributed by atoms with Crippen molar-refractivity contribution in [3.8, 4) is 0 Å². The van der Waals surface area contributed by atoms with Crippen molar-refractivity contribution in [1.29, 1.82) is 0 Å². The first-order valence-electron chi connectivity index (χ1n) is 5.04. The Hall–Kier alpha value is -0.520. The minimum Gasteiger partial charge on any atom is -0.0840 e. The first-order chi connectivity index (χ1) is 5.70. The maximum Gasteiger partial charge on any atom is -0.0322 e. The average Bonchev–Trinajstić information content (AvgIpc) is 2.04. The summed E-state index contributed by atoms with van der Waals surface area (Å²) in [5, 5.41) is 0. The van der Waals surface area contributed by atoms with Gasteiger partial charge >= 0.3 is 0 Å². The van der Waals surface area contributed by atoms with Crippen LogP contribution in [0.1, 0.15) is 47.0 Å². The standard InChI is InChI=1S/C12H22/c1-5-8-12(4)10-7-9-11(3)6-2/h7-8,10-11H,5-6,9H2,1-4H3. The summed E-state index contributed by atoms with van der Waals surface area (Å²) in [6.07, 6.45) is 10.4. The minimum absolute atomic E-state index is 0.829. The van der Waals surface area contributed by atoms with Crippen molar-refractivity contribution in [2.24, 2.45) is 5.92 Å². The van der Waals surface area contributed by atoms with Crippen LogP contribution in [0.25, 0.3) is 0 Å². The third-order valence-corrected chi connectivity index (χ3v) is 2.14. The Morgan fingerprint density at radius 1 is 1.33 bits per heavy atom. The monoisotopic (exact) mass is 166 g/mol. The molecule has 0 aliphatic rings. The Kier molecular flexibility index (Phi) is 6.84. The van der Waals surface area contributed by atoms with E-state index in [1.807, 2.05) is 0 Å². The lowest BCUT2D eigenvalue weighted by atomic mass is 10.0. The fourth-order valence-corrected chi connectivity index (χ4v) is 1.04. The van der Waals surface area contributed by atoms with E-state index in [4.69, 9.17) is 0 Å². The maximum atomic E-state index is 2.29. The fraction of sp³-hybridized carbons (Fsp3) is 0.667. The van der Waals surface area contributed by atoms with Gasteiger partial charge in [0, 0.05) is 0 Å². The van der Waals surface area contributed by atoms with E-state index < -0.39 is 0 Å². The molecule has 0 fully saturated rings. The molecule has 0 amide bonds. The molecular formula is C12H22. The van der Waals surface area contributed by atoms with Gasteiger partial charge in [-0.15, -0.1) is 0 Å². The highest BCUT2D eigenvalue weighted by Crippen LogP contribution is 2.08. The van der Waals surface area contributed by atoms with Crippen LogP contribution in [0, 0.1) is 5.92 Å². The normalized spacial score (nSPS) is 15.5. The molecule has 0 aliphatic heterocycles. The second-order valence-corrected chi connectivity index (χ2v) is 3.51. The van der Waals surface area contributed by atoms with Crippen molar-refractivity contribution < 1.29 is 0 Å². The van der Waals surface area contributed by atoms with E-state index in [0.717, 1.165) is 12.3 Å². The van der Waals surface area contributed by atoms with Gasteiger partial charge in [0.2, 0.25) is 0 Å². The van der Waals surface area contributed by atoms with Gasteiger partial charge in [-0.25, -0.2) is 0 Å². The molecule has 0 N–H and O–H groups in total. The first kappa shape index (κ1) is 11.5. The zero-order valence-corrected chi connectivity index (χ0v) is 8.93. The summed E-state index contributed by atoms with van der Waals surface area (Å²) in [5.74, 6) is 0.829. The first-order valence-corrected chi connectivity index (χ1v) is 5.04. The summed E-state index contributed by atoms with van der Waals surface area (Å²) in [6, 6.07) is 0. The van der Waals surface area contributed by atoms with Gasteiger partial charge < -0.3 is 0 Å². The van der Waals surface area contributed by atoms with Crippen molar-refractivity contribution in [2.45, 2.75) is 47.0 Å². The summed E-state index contributed by atoms with van der Waals surface area (Å²) in [4.78, 5) is 0. The molecule has 0 bridgehead atoms. The summed E-state index contributed by atoms with van der Waals surface area (Å²) in [7, 11) is 0. The Morgan fingerprint density at radius 3 is 2.50 bits per heavy atom. The quantitative estimate of drug-likeness (QED) is 0.533. The molecule has 0 heteroatoms. The molecule has 0 aromatic carbocycles. The molecule has 0 aromatic heterocycles. The van der Waals surface area contributed by atoms with Crippen LogP contribution in [0.4, 0.5) is 0 Å². The lowest BCUT2D eigenvalue weighted by Crippen LogP contribution is -1.87. The van der Waals surface area contributed by atoms with E-state index in [-0.39, 0.29) is 0 Å². The smallest absolute Gasteiger partial charge is 0.0322 e. The third-order valence-electron chi connectivity index (χ3n) is 2.14. The van der Waals surface area contributed by atoms with E-state index in [9.17, 15) is 0 Å². The number of allylic oxidation sites excluding steroid dienone is 4. The number of rotatable bonds is 5. The zero-order chi connectivity index (χ0) is 9.40. The van der Waals surface area contributed by atoms with Gasteiger partial charge in [0.1, 0.15) is 0 Å². The van der Waals surface area contributed by atoms with Crippen LogP contribution < -0.4 is 0 Å². The van der Waals surface area contributed by atoms with Crippen LogP contribution in [0.15, 0.2) is 23.8 Å². The highest BCUT2D eigenvalue weighted by molar-refractivity contribution is 5.15. The molecule has 0 spiro atoms. The lowest BCUT2D eigenvalue weighted by Gasteiger charge is -2.02. The van der Waals surface area contributed by atoms with E-state index in [1.54, 1.807) is 0 Å². The lowest BCUT2D eigenvalue weighted by molar-refractivity contribution is 0.572. The molecule has 0 aromatic rings. The van der Waals surface area contributed by atoms with Crippen molar-refractivity contribution >= 4 is 0 Å². The van der Waals surface area contributed by atoms with Crippen molar-refractivity contribution in [2.75, 3.05) is 0 Å². The Balaban J connectivity index is 3.68. The molecule has 12 heavy (non-hydrogen) atoms. The molecular weight excluding hydrogens is 144 g/mol. The molecule has 70 valence electrons. The minimum atomic E-state index is 0.829. The summed E-state index contributed by atoms with van der Waals surface area (Å²) in [5.41, 5.74) is 1.39. The van der Waals surface area contributed by atoms with Crippen LogP contribution in [0.5, 0.6) is 0 Å². The average molecular weight is 166 g/mol. The molecule has 1 unspecified atom stereocenters. The highest BCUT2D eigenvalue weighted by atomic mass is 14.0. The Morgan fingerprint density at radius 2 is 2.00 bits per heavy atom. The molecule has 0 radical (unpaired) electrons. The summed E-state index contributed by atoms with van der Waals surface area (Å²) >= 11 is 0. The van der Waals surface area contributed by atoms with Crippen LogP contribution >= 0.6 is 0 Å². The van der Waals surface area contributed by atoms with Crippen LogP contribution in [0.3, 0.4) is 0 Å². The van der Waals surface area contributed by atoms with Crippen molar-refractivity contribution in [3.63, 3.8) is 0 Å². The van der Waals surface area contributed by atoms with E-state index in [1.165, 1.54) is 18.4 Å². The number of hydrogen-bond donors (Lipinski definition) is 0. The van der Waals surface area contributed by atoms with Gasteiger partial charge in [0.25, 0.3) is 0 Å². The summed E-state index contributed by atoms with van der Waals surface area (Å²) < 4.78 is 0. The van der Waals surface area contributed by atoms with Crippen LogP contribution in [-0.2, 0) is 0 Å². The van der Waals surface area contributed by atoms with Gasteiger partial charge in [-0.3, -0.25) is 0 Å². The predicted molar refractivity (Wildman–Crippen MR) is 57.3 cm³/mol. The second-order valence-electron chi connectivity index (χ2n) is 3.51. The summed E-state index contributed by atoms with van der Waals surface area (Å²) in [6.45, 7) is 8.87. The molecule has 0 aliphatic carbocycles. The van der Waals surface area contributed by atoms with Crippen molar-refractivity contribution in [1.82, 2.24) is 0 Å². The third kappa shape index (κ3) is 6.21. The van der Waals surface area contributed by atoms with Crippen LogP contribution in [0.2, 0.25) is 0 Å². The maximum absolute atomic E-state index is 2.29. The van der Waals surface area contributed by atoms with E-state index in [2.05, 4.69) is 45.9 Å². The van der Waals surface area contributed by atoms with E-state index in [0.29, 0.717) is 0 Å². The Bertz CT molecular complexity index is 151. The molecule has 0 saturated carbocycles. The van der Waals surface area contributed by atoms with Crippen LogP contribution in [-0.4, -0.2) is 0 Å². The molecule has 0 saturated heterocycles. The zero-order valence-electron chi connectivity index (χ0n) is 8.93. The fourth-order valence-electron chi connectivity index (χ4n) is 1.04. The number of hydrogen-bond acceptors (Lipinski definition) is 0. The largest absolute Gasteiger partial charge is 0.0840 e. The Labute approximate surface area is 77.4 Å². The van der Waals surface area contributed by atoms with Gasteiger partial charge in [-0.2, -0.15) is 0 Å². The van der Waals surface area contributed by atoms with Gasteiger partial charge in [0.15, 0.2) is 0 Å². The topological polar surface area (TPSA) is 0 Å². The van der Waals surface area contributed by atoms with Gasteiger partial charge in [-0.1, -0.05) is 51.0 Å². The predicted octanol–water partition coefficient (Wildman–Crippen LogP) is 4.34. The highest BCUT2D eigenvalue weighted by Gasteiger charge is 1.92. The molecule has 1 atom stereocenters. The molecule has 0 heterocycles. The molecule has 0 rings (SSSR count). The van der Waals surface area contributed by atoms with Gasteiger partial charge in [0.05, 0.1) is 0 Å². The SMILES string of the molecule is CCC=C(C)C=CCC(C)CC. The molecule has 0 nitrogen and oxygen atoms in total. The van der Waals surface area contributed by atoms with E-state index >= 15 is 0 Å². The van der Waals surface area contributed by atoms with Gasteiger partial charge in [-0.05, 0) is 25.7 Å².